The summed E-state index contributed by atoms with van der Waals surface area (Å²) >= 11 is 0. The Morgan fingerprint density at radius 2 is 1.73 bits per heavy atom. The molecular formula is C20H22N2. The number of likely N-dealkylation sites (N-methyl/N-ethyl adjacent to an activating group) is 1. The molecule has 0 atom stereocenters. The zero-order valence-electron chi connectivity index (χ0n) is 13.1. The van der Waals surface area contributed by atoms with Crippen LogP contribution >= 0.6 is 0 Å². The number of benzene rings is 2. The summed E-state index contributed by atoms with van der Waals surface area (Å²) in [7, 11) is 0. The molecule has 2 heterocycles. The predicted octanol–water partition coefficient (Wildman–Crippen LogP) is 4.07. The molecule has 3 aromatic rings. The second-order valence-electron chi connectivity index (χ2n) is 6.13. The van der Waals surface area contributed by atoms with Gasteiger partial charge in [0.15, 0.2) is 0 Å². The van der Waals surface area contributed by atoms with E-state index in [1.807, 2.05) is 0 Å². The Hall–Kier alpha value is -2.06. The molecule has 2 nitrogen and oxygen atoms in total. The lowest BCUT2D eigenvalue weighted by atomic mass is 10.0. The first-order valence-corrected chi connectivity index (χ1v) is 8.22. The van der Waals surface area contributed by atoms with Crippen LogP contribution in [0.4, 0.5) is 0 Å². The van der Waals surface area contributed by atoms with Gasteiger partial charge in [0.25, 0.3) is 0 Å². The molecule has 2 heteroatoms. The summed E-state index contributed by atoms with van der Waals surface area (Å²) in [5.41, 5.74) is 5.84. The maximum absolute atomic E-state index is 2.54. The Morgan fingerprint density at radius 1 is 0.955 bits per heavy atom. The highest BCUT2D eigenvalue weighted by atomic mass is 15.1. The van der Waals surface area contributed by atoms with Crippen LogP contribution < -0.4 is 0 Å². The van der Waals surface area contributed by atoms with Gasteiger partial charge in [0.2, 0.25) is 0 Å². The first kappa shape index (κ1) is 13.6. The van der Waals surface area contributed by atoms with E-state index < -0.39 is 0 Å². The summed E-state index contributed by atoms with van der Waals surface area (Å²) in [6.07, 6.45) is 1.16. The fourth-order valence-electron chi connectivity index (χ4n) is 3.67. The van der Waals surface area contributed by atoms with Crippen molar-refractivity contribution in [2.75, 3.05) is 13.1 Å². The predicted molar refractivity (Wildman–Crippen MR) is 92.1 cm³/mol. The highest BCUT2D eigenvalue weighted by molar-refractivity contribution is 5.86. The number of aromatic nitrogens is 1. The molecule has 2 aromatic carbocycles. The number of hydrogen-bond donors (Lipinski definition) is 0. The number of rotatable bonds is 3. The summed E-state index contributed by atoms with van der Waals surface area (Å²) in [5.74, 6) is 0. The van der Waals surface area contributed by atoms with Gasteiger partial charge in [-0.25, -0.2) is 0 Å². The molecule has 0 saturated carbocycles. The Balaban J connectivity index is 1.84. The SMILES string of the molecule is CCN1CCc2c(c3ccccc3n2Cc2ccccc2)C1. The molecule has 1 aliphatic heterocycles. The van der Waals surface area contributed by atoms with Crippen LogP contribution in [-0.2, 0) is 19.5 Å². The fraction of sp³-hybridized carbons (Fsp3) is 0.300. The lowest BCUT2D eigenvalue weighted by molar-refractivity contribution is 0.266. The van der Waals surface area contributed by atoms with Crippen molar-refractivity contribution in [3.63, 3.8) is 0 Å². The van der Waals surface area contributed by atoms with Crippen LogP contribution in [0.1, 0.15) is 23.7 Å². The quantitative estimate of drug-likeness (QED) is 0.706. The third kappa shape index (κ3) is 2.24. The third-order valence-electron chi connectivity index (χ3n) is 4.87. The van der Waals surface area contributed by atoms with Crippen molar-refractivity contribution in [1.29, 1.82) is 0 Å². The maximum atomic E-state index is 2.54. The van der Waals surface area contributed by atoms with E-state index in [2.05, 4.69) is 71.0 Å². The molecule has 4 rings (SSSR count). The van der Waals surface area contributed by atoms with Crippen LogP contribution in [0, 0.1) is 0 Å². The van der Waals surface area contributed by atoms with Gasteiger partial charge in [-0.05, 0) is 23.7 Å². The monoisotopic (exact) mass is 290 g/mol. The molecule has 0 radical (unpaired) electrons. The molecule has 0 spiro atoms. The lowest BCUT2D eigenvalue weighted by Crippen LogP contribution is -2.30. The van der Waals surface area contributed by atoms with E-state index in [1.165, 1.54) is 28.7 Å². The minimum Gasteiger partial charge on any atom is -0.340 e. The Labute approximate surface area is 132 Å². The number of hydrogen-bond acceptors (Lipinski definition) is 1. The third-order valence-corrected chi connectivity index (χ3v) is 4.87. The van der Waals surface area contributed by atoms with Gasteiger partial charge in [-0.3, -0.25) is 4.90 Å². The Bertz CT molecular complexity index is 786. The van der Waals surface area contributed by atoms with E-state index in [1.54, 1.807) is 5.56 Å². The summed E-state index contributed by atoms with van der Waals surface area (Å²) in [5, 5.41) is 1.44. The topological polar surface area (TPSA) is 8.17 Å². The second kappa shape index (κ2) is 5.62. The molecule has 0 aliphatic carbocycles. The highest BCUT2D eigenvalue weighted by Gasteiger charge is 2.22. The van der Waals surface area contributed by atoms with Crippen LogP contribution in [0.25, 0.3) is 10.9 Å². The molecular weight excluding hydrogens is 268 g/mol. The molecule has 22 heavy (non-hydrogen) atoms. The highest BCUT2D eigenvalue weighted by Crippen LogP contribution is 2.31. The number of nitrogens with zero attached hydrogens (tertiary/aromatic N) is 2. The molecule has 0 bridgehead atoms. The average molecular weight is 290 g/mol. The number of fused-ring (bicyclic) bond motifs is 3. The zero-order chi connectivity index (χ0) is 14.9. The van der Waals surface area contributed by atoms with E-state index in [9.17, 15) is 0 Å². The van der Waals surface area contributed by atoms with Crippen LogP contribution in [0.3, 0.4) is 0 Å². The summed E-state index contributed by atoms with van der Waals surface area (Å²) in [6, 6.07) is 19.7. The van der Waals surface area contributed by atoms with E-state index in [0.717, 1.165) is 26.1 Å². The zero-order valence-corrected chi connectivity index (χ0v) is 13.1. The Kier molecular flexibility index (Phi) is 3.47. The maximum Gasteiger partial charge on any atom is 0.0489 e. The van der Waals surface area contributed by atoms with Crippen LogP contribution in [0.15, 0.2) is 54.6 Å². The van der Waals surface area contributed by atoms with Gasteiger partial charge in [0, 0.05) is 42.7 Å². The van der Waals surface area contributed by atoms with Gasteiger partial charge < -0.3 is 4.57 Å². The van der Waals surface area contributed by atoms with Crippen molar-refractivity contribution < 1.29 is 0 Å². The van der Waals surface area contributed by atoms with Gasteiger partial charge in [-0.2, -0.15) is 0 Å². The Morgan fingerprint density at radius 3 is 2.55 bits per heavy atom. The first-order chi connectivity index (χ1) is 10.9. The molecule has 0 fully saturated rings. The summed E-state index contributed by atoms with van der Waals surface area (Å²) < 4.78 is 2.53. The van der Waals surface area contributed by atoms with Gasteiger partial charge in [-0.15, -0.1) is 0 Å². The normalized spacial score (nSPS) is 15.1. The minimum atomic E-state index is 0.975. The number of para-hydroxylation sites is 1. The lowest BCUT2D eigenvalue weighted by Gasteiger charge is -2.27. The standard InChI is InChI=1S/C20H22N2/c1-2-21-13-12-20-18(15-21)17-10-6-7-11-19(17)22(20)14-16-8-4-3-5-9-16/h3-11H,2,12-15H2,1H3. The van der Waals surface area contributed by atoms with E-state index in [4.69, 9.17) is 0 Å². The van der Waals surface area contributed by atoms with Crippen LogP contribution in [0.2, 0.25) is 0 Å². The van der Waals surface area contributed by atoms with Crippen molar-refractivity contribution in [3.8, 4) is 0 Å². The largest absolute Gasteiger partial charge is 0.340 e. The first-order valence-electron chi connectivity index (χ1n) is 8.22. The molecule has 0 amide bonds. The summed E-state index contributed by atoms with van der Waals surface area (Å²) in [6.45, 7) is 6.64. The van der Waals surface area contributed by atoms with Crippen LogP contribution in [-0.4, -0.2) is 22.6 Å². The van der Waals surface area contributed by atoms with Gasteiger partial charge >= 0.3 is 0 Å². The molecule has 0 N–H and O–H groups in total. The van der Waals surface area contributed by atoms with E-state index >= 15 is 0 Å². The second-order valence-corrected chi connectivity index (χ2v) is 6.13. The molecule has 1 aliphatic rings. The smallest absolute Gasteiger partial charge is 0.0489 e. The molecule has 0 saturated heterocycles. The fourth-order valence-corrected chi connectivity index (χ4v) is 3.67. The van der Waals surface area contributed by atoms with E-state index in [-0.39, 0.29) is 0 Å². The minimum absolute atomic E-state index is 0.975. The molecule has 1 aromatic heterocycles. The molecule has 112 valence electrons. The van der Waals surface area contributed by atoms with Crippen LogP contribution in [0.5, 0.6) is 0 Å². The van der Waals surface area contributed by atoms with Gasteiger partial charge in [-0.1, -0.05) is 55.5 Å². The van der Waals surface area contributed by atoms with Gasteiger partial charge in [0.05, 0.1) is 0 Å². The van der Waals surface area contributed by atoms with Gasteiger partial charge in [0.1, 0.15) is 0 Å². The van der Waals surface area contributed by atoms with Crippen molar-refractivity contribution in [2.24, 2.45) is 0 Å². The van der Waals surface area contributed by atoms with Crippen molar-refractivity contribution in [2.45, 2.75) is 26.4 Å². The van der Waals surface area contributed by atoms with Crippen molar-refractivity contribution >= 4 is 10.9 Å². The van der Waals surface area contributed by atoms with Crippen molar-refractivity contribution in [1.82, 2.24) is 9.47 Å². The van der Waals surface area contributed by atoms with E-state index in [0.29, 0.717) is 0 Å². The summed E-state index contributed by atoms with van der Waals surface area (Å²) in [4.78, 5) is 2.54. The van der Waals surface area contributed by atoms with Crippen molar-refractivity contribution in [3.05, 3.63) is 71.4 Å². The molecule has 0 unspecified atom stereocenters. The average Bonchev–Trinajstić information content (AvgIpc) is 2.89.